The average molecular weight is 351 g/mol. The quantitative estimate of drug-likeness (QED) is 0.453. The van der Waals surface area contributed by atoms with E-state index in [1.807, 2.05) is 13.8 Å². The van der Waals surface area contributed by atoms with Crippen molar-refractivity contribution in [2.24, 2.45) is 5.92 Å². The van der Waals surface area contributed by atoms with Crippen molar-refractivity contribution in [2.45, 2.75) is 51.4 Å². The lowest BCUT2D eigenvalue weighted by Crippen LogP contribution is -3.00. The molecular weight excluding hydrogens is 328 g/mol. The first-order valence-electron chi connectivity index (χ1n) is 7.20. The molecule has 0 spiro atoms. The van der Waals surface area contributed by atoms with Crippen molar-refractivity contribution in [3.63, 3.8) is 0 Å². The number of hydrogen-bond donors (Lipinski definition) is 3. The third-order valence-electron chi connectivity index (χ3n) is 3.72. The zero-order valence-electron chi connectivity index (χ0n) is 13.3. The van der Waals surface area contributed by atoms with Crippen molar-refractivity contribution >= 4 is 5.97 Å². The Kier molecular flexibility index (Phi) is 6.90. The monoisotopic (exact) mass is 350 g/mol. The van der Waals surface area contributed by atoms with E-state index in [0.29, 0.717) is 5.82 Å². The van der Waals surface area contributed by atoms with Crippen LogP contribution >= 0.6 is 0 Å². The maximum absolute atomic E-state index is 11.8. The second kappa shape index (κ2) is 8.02. The summed E-state index contributed by atoms with van der Waals surface area (Å²) in [6.45, 7) is 5.28. The molecule has 0 amide bonds. The van der Waals surface area contributed by atoms with Gasteiger partial charge in [0.15, 0.2) is 12.3 Å². The molecule has 132 valence electrons. The molecule has 1 saturated heterocycles. The second-order valence-electron chi connectivity index (χ2n) is 5.80. The molecule has 9 nitrogen and oxygen atoms in total. The minimum Gasteiger partial charge on any atom is -1.00 e. The smallest absolute Gasteiger partial charge is 0.365 e. The Morgan fingerprint density at radius 2 is 2.13 bits per heavy atom. The number of ether oxygens (including phenoxy) is 2. The van der Waals surface area contributed by atoms with Crippen LogP contribution in [0.4, 0.5) is 0 Å². The summed E-state index contributed by atoms with van der Waals surface area (Å²) in [4.78, 5) is 15.7. The molecule has 0 unspecified atom stereocenters. The normalized spacial score (nSPS) is 28.5. The molecule has 2 heterocycles. The molecule has 1 fully saturated rings. The third kappa shape index (κ3) is 4.39. The van der Waals surface area contributed by atoms with Crippen molar-refractivity contribution in [2.75, 3.05) is 6.61 Å². The number of aliphatic hydroxyl groups excluding tert-OH is 2. The van der Waals surface area contributed by atoms with E-state index in [2.05, 4.69) is 15.8 Å². The lowest BCUT2D eigenvalue weighted by atomic mass is 10.1. The molecule has 10 heteroatoms. The Morgan fingerprint density at radius 3 is 2.65 bits per heavy atom. The van der Waals surface area contributed by atoms with Gasteiger partial charge >= 0.3 is 5.97 Å². The number of hydrogen-bond acceptors (Lipinski definition) is 7. The van der Waals surface area contributed by atoms with E-state index in [1.165, 1.54) is 11.0 Å². The van der Waals surface area contributed by atoms with Crippen LogP contribution in [-0.2, 0) is 14.3 Å². The zero-order chi connectivity index (χ0) is 16.4. The molecule has 5 atom stereocenters. The van der Waals surface area contributed by atoms with Gasteiger partial charge in [0, 0.05) is 5.92 Å². The predicted octanol–water partition coefficient (Wildman–Crippen LogP) is -4.98. The lowest BCUT2D eigenvalue weighted by molar-refractivity contribution is -0.418. The van der Waals surface area contributed by atoms with Crippen LogP contribution in [0.2, 0.25) is 0 Å². The summed E-state index contributed by atoms with van der Waals surface area (Å²) in [7, 11) is 0. The maximum atomic E-state index is 11.8. The fourth-order valence-corrected chi connectivity index (χ4v) is 2.11. The number of carbonyl (C=O) groups is 1. The molecule has 0 bridgehead atoms. The highest BCUT2D eigenvalue weighted by Gasteiger charge is 2.45. The predicted molar refractivity (Wildman–Crippen MR) is 73.2 cm³/mol. The fraction of sp³-hybridized carbons (Fsp3) is 0.769. The summed E-state index contributed by atoms with van der Waals surface area (Å²) < 4.78 is 12.0. The molecule has 1 aliphatic rings. The molecule has 23 heavy (non-hydrogen) atoms. The highest BCUT2D eigenvalue weighted by atomic mass is 35.5. The van der Waals surface area contributed by atoms with E-state index < -0.39 is 36.6 Å². The summed E-state index contributed by atoms with van der Waals surface area (Å²) in [5.74, 6) is 0.121. The van der Waals surface area contributed by atoms with Crippen molar-refractivity contribution in [1.29, 1.82) is 0 Å². The van der Waals surface area contributed by atoms with Gasteiger partial charge in [0.05, 0.1) is 0 Å². The number of carbonyl (C=O) groups excluding carboxylic acids is 1. The van der Waals surface area contributed by atoms with Gasteiger partial charge in [0.2, 0.25) is 0 Å². The van der Waals surface area contributed by atoms with Crippen molar-refractivity contribution < 1.29 is 42.6 Å². The topological polar surface area (TPSA) is 134 Å². The first kappa shape index (κ1) is 19.8. The van der Waals surface area contributed by atoms with E-state index in [4.69, 9.17) is 9.47 Å². The molecule has 0 radical (unpaired) electrons. The van der Waals surface area contributed by atoms with Crippen molar-refractivity contribution in [3.05, 3.63) is 12.2 Å². The minimum absolute atomic E-state index is 0. The molecule has 1 aromatic rings. The van der Waals surface area contributed by atoms with Crippen LogP contribution in [0.3, 0.4) is 0 Å². The molecular formula is C13H23ClN4O5. The van der Waals surface area contributed by atoms with Gasteiger partial charge in [-0.1, -0.05) is 13.8 Å². The van der Waals surface area contributed by atoms with Crippen LogP contribution < -0.4 is 18.1 Å². The van der Waals surface area contributed by atoms with Crippen LogP contribution in [0.5, 0.6) is 0 Å². The Morgan fingerprint density at radius 1 is 1.48 bits per heavy atom. The largest absolute Gasteiger partial charge is 1.00 e. The van der Waals surface area contributed by atoms with Crippen LogP contribution in [0.25, 0.3) is 0 Å². The number of quaternary nitrogens is 1. The van der Waals surface area contributed by atoms with Gasteiger partial charge in [0.1, 0.15) is 37.1 Å². The fourth-order valence-electron chi connectivity index (χ4n) is 2.11. The van der Waals surface area contributed by atoms with E-state index in [1.54, 1.807) is 6.92 Å². The average Bonchev–Trinajstić information content (AvgIpc) is 3.01. The van der Waals surface area contributed by atoms with Gasteiger partial charge in [-0.3, -0.25) is 0 Å². The number of rotatable bonds is 5. The highest BCUT2D eigenvalue weighted by Crippen LogP contribution is 2.28. The number of halogens is 1. The molecule has 1 aromatic heterocycles. The molecule has 0 saturated carbocycles. The second-order valence-corrected chi connectivity index (χ2v) is 5.80. The molecule has 1 aliphatic heterocycles. The Balaban J connectivity index is 0.00000264. The van der Waals surface area contributed by atoms with Gasteiger partial charge in [0.25, 0.3) is 0 Å². The van der Waals surface area contributed by atoms with Gasteiger partial charge in [-0.25, -0.2) is 14.5 Å². The van der Waals surface area contributed by atoms with Gasteiger partial charge in [-0.15, -0.1) is 0 Å². The number of aromatic nitrogens is 3. The Bertz CT molecular complexity index is 526. The summed E-state index contributed by atoms with van der Waals surface area (Å²) >= 11 is 0. The van der Waals surface area contributed by atoms with E-state index in [-0.39, 0.29) is 24.9 Å². The first-order chi connectivity index (χ1) is 10.3. The van der Waals surface area contributed by atoms with Gasteiger partial charge in [-0.2, -0.15) is 5.10 Å². The summed E-state index contributed by atoms with van der Waals surface area (Å²) in [5, 5.41) is 24.1. The summed E-state index contributed by atoms with van der Waals surface area (Å²) in [6.07, 6.45) is -2.63. The molecule has 2 rings (SSSR count). The standard InChI is InChI=1S/C13H22N4O5.ClH/c1-6(2)9(14)13(20)21-4-8-10(18)11(19)12(22-8)17-5-15-7(3)16-17;/h5-6,8-12,18-19H,4,14H2,1-3H3;1H/t8-,9-,10-,11-,12-;/m0./s1. The van der Waals surface area contributed by atoms with E-state index in [0.717, 1.165) is 0 Å². The van der Waals surface area contributed by atoms with Crippen molar-refractivity contribution in [3.8, 4) is 0 Å². The van der Waals surface area contributed by atoms with Crippen LogP contribution in [0, 0.1) is 12.8 Å². The Labute approximate surface area is 140 Å². The highest BCUT2D eigenvalue weighted by molar-refractivity contribution is 5.74. The van der Waals surface area contributed by atoms with Gasteiger partial charge in [-0.05, 0) is 6.92 Å². The van der Waals surface area contributed by atoms with Gasteiger partial charge < -0.3 is 37.8 Å². The van der Waals surface area contributed by atoms with E-state index in [9.17, 15) is 15.0 Å². The summed E-state index contributed by atoms with van der Waals surface area (Å²) in [6, 6.07) is -0.489. The van der Waals surface area contributed by atoms with Crippen LogP contribution in [0.15, 0.2) is 6.33 Å². The summed E-state index contributed by atoms with van der Waals surface area (Å²) in [5.41, 5.74) is 3.73. The Hall–Kier alpha value is -1.26. The number of aliphatic hydroxyl groups is 2. The molecule has 5 N–H and O–H groups in total. The number of nitrogens with zero attached hydrogens (tertiary/aromatic N) is 3. The maximum Gasteiger partial charge on any atom is 0.365 e. The minimum atomic E-state index is -1.18. The number of esters is 1. The van der Waals surface area contributed by atoms with Crippen LogP contribution in [0.1, 0.15) is 25.9 Å². The third-order valence-corrected chi connectivity index (χ3v) is 3.72. The molecule has 0 aromatic carbocycles. The van der Waals surface area contributed by atoms with Crippen molar-refractivity contribution in [1.82, 2.24) is 14.8 Å². The first-order valence-corrected chi connectivity index (χ1v) is 7.20. The zero-order valence-corrected chi connectivity index (χ0v) is 14.1. The van der Waals surface area contributed by atoms with E-state index >= 15 is 0 Å². The lowest BCUT2D eigenvalue weighted by Gasteiger charge is -2.16. The van der Waals surface area contributed by atoms with Crippen LogP contribution in [-0.4, -0.2) is 61.9 Å². The SMILES string of the molecule is Cc1ncn([C@H]2O[C@@H](COC(=O)[C@@H]([NH3+])C(C)C)[C@H](O)[C@@H]2O)n1.[Cl-]. The number of aryl methyl sites for hydroxylation is 1. The molecule has 0 aliphatic carbocycles.